The summed E-state index contributed by atoms with van der Waals surface area (Å²) in [6, 6.07) is 0. The van der Waals surface area contributed by atoms with E-state index >= 15 is 0 Å². The van der Waals surface area contributed by atoms with Crippen molar-refractivity contribution < 1.29 is 39.4 Å². The van der Waals surface area contributed by atoms with Gasteiger partial charge >= 0.3 is 0 Å². The summed E-state index contributed by atoms with van der Waals surface area (Å²) in [5, 5.41) is 47.2. The van der Waals surface area contributed by atoms with Gasteiger partial charge in [0.05, 0.1) is 6.61 Å². The first-order valence-electron chi connectivity index (χ1n) is 6.14. The van der Waals surface area contributed by atoms with Gasteiger partial charge in [0.2, 0.25) is 6.29 Å². The molecule has 8 nitrogen and oxygen atoms in total. The molecule has 1 aliphatic rings. The van der Waals surface area contributed by atoms with Crippen molar-refractivity contribution >= 4 is 0 Å². The third kappa shape index (κ3) is 2.66. The van der Waals surface area contributed by atoms with Gasteiger partial charge in [-0.15, -0.1) is 0 Å². The highest BCUT2D eigenvalue weighted by Gasteiger charge is 2.44. The largest absolute Gasteiger partial charge is 0.463 e. The van der Waals surface area contributed by atoms with Crippen LogP contribution in [0.3, 0.4) is 0 Å². The number of furan rings is 1. The van der Waals surface area contributed by atoms with E-state index in [1.165, 1.54) is 6.26 Å². The van der Waals surface area contributed by atoms with Crippen LogP contribution in [-0.2, 0) is 11.3 Å². The van der Waals surface area contributed by atoms with Gasteiger partial charge in [-0.3, -0.25) is 0 Å². The Kier molecular flexibility index (Phi) is 4.63. The van der Waals surface area contributed by atoms with Crippen molar-refractivity contribution in [2.75, 3.05) is 6.61 Å². The molecule has 0 spiro atoms. The quantitative estimate of drug-likeness (QED) is 0.441. The average Bonchev–Trinajstić information content (AvgIpc) is 2.80. The molecule has 1 saturated heterocycles. The highest BCUT2D eigenvalue weighted by atomic mass is 16.7. The zero-order valence-corrected chi connectivity index (χ0v) is 10.8. The van der Waals surface area contributed by atoms with Crippen LogP contribution in [0.1, 0.15) is 11.3 Å². The van der Waals surface area contributed by atoms with Gasteiger partial charge in [-0.2, -0.15) is 0 Å². The Morgan fingerprint density at radius 2 is 1.85 bits per heavy atom. The second kappa shape index (κ2) is 6.08. The van der Waals surface area contributed by atoms with E-state index in [4.69, 9.17) is 24.1 Å². The summed E-state index contributed by atoms with van der Waals surface area (Å²) in [7, 11) is 0. The van der Waals surface area contributed by atoms with E-state index in [0.29, 0.717) is 11.3 Å². The second-order valence-corrected chi connectivity index (χ2v) is 4.62. The van der Waals surface area contributed by atoms with E-state index < -0.39 is 37.3 Å². The molecule has 1 aromatic heterocycles. The van der Waals surface area contributed by atoms with Crippen molar-refractivity contribution in [2.45, 2.75) is 44.2 Å². The molecule has 0 aromatic carbocycles. The van der Waals surface area contributed by atoms with Crippen molar-refractivity contribution in [3.05, 3.63) is 17.6 Å². The number of aliphatic hydroxyl groups is 5. The highest BCUT2D eigenvalue weighted by molar-refractivity contribution is 5.32. The van der Waals surface area contributed by atoms with Crippen LogP contribution in [-0.4, -0.2) is 62.8 Å². The van der Waals surface area contributed by atoms with Gasteiger partial charge in [0.25, 0.3) is 0 Å². The molecule has 1 aromatic rings. The van der Waals surface area contributed by atoms with Gasteiger partial charge in [-0.1, -0.05) is 0 Å². The van der Waals surface area contributed by atoms with Gasteiger partial charge in [-0.05, 0) is 6.92 Å². The SMILES string of the molecule is Cc1c(OC2O[C@H](CO)[C@@H](O)[C@H](O)[C@H]2O)coc1CO. The summed E-state index contributed by atoms with van der Waals surface area (Å²) < 4.78 is 15.6. The molecule has 8 heteroatoms. The lowest BCUT2D eigenvalue weighted by Gasteiger charge is -2.39. The highest BCUT2D eigenvalue weighted by Crippen LogP contribution is 2.29. The van der Waals surface area contributed by atoms with Crippen LogP contribution in [0.15, 0.2) is 10.7 Å². The maximum atomic E-state index is 9.82. The molecule has 2 heterocycles. The van der Waals surface area contributed by atoms with E-state index in [9.17, 15) is 15.3 Å². The fourth-order valence-electron chi connectivity index (χ4n) is 2.00. The summed E-state index contributed by atoms with van der Waals surface area (Å²) in [5.74, 6) is 0.544. The first kappa shape index (κ1) is 15.2. The Balaban J connectivity index is 2.13. The van der Waals surface area contributed by atoms with Gasteiger partial charge in [0, 0.05) is 5.56 Å². The Morgan fingerprint density at radius 1 is 1.15 bits per heavy atom. The van der Waals surface area contributed by atoms with Gasteiger partial charge < -0.3 is 39.4 Å². The molecule has 0 amide bonds. The van der Waals surface area contributed by atoms with Crippen LogP contribution in [0, 0.1) is 6.92 Å². The fourth-order valence-corrected chi connectivity index (χ4v) is 2.00. The smallest absolute Gasteiger partial charge is 0.229 e. The van der Waals surface area contributed by atoms with Crippen molar-refractivity contribution in [3.8, 4) is 5.75 Å². The van der Waals surface area contributed by atoms with E-state index in [2.05, 4.69) is 0 Å². The van der Waals surface area contributed by atoms with Gasteiger partial charge in [0.1, 0.15) is 43.0 Å². The van der Waals surface area contributed by atoms with E-state index in [1.54, 1.807) is 6.92 Å². The lowest BCUT2D eigenvalue weighted by molar-refractivity contribution is -0.277. The minimum atomic E-state index is -1.50. The Morgan fingerprint density at radius 3 is 2.40 bits per heavy atom. The summed E-state index contributed by atoms with van der Waals surface area (Å²) >= 11 is 0. The molecule has 1 fully saturated rings. The standard InChI is InChI=1S/C12H18O8/c1-5-6(2-13)18-4-8(5)20-12-11(17)10(16)9(15)7(3-14)19-12/h4,7,9-17H,2-3H2,1H3/t7-,9-,10+,11-,12?/m1/s1. The van der Waals surface area contributed by atoms with Crippen LogP contribution in [0.4, 0.5) is 0 Å². The Labute approximate surface area is 114 Å². The van der Waals surface area contributed by atoms with Crippen LogP contribution in [0.25, 0.3) is 0 Å². The van der Waals surface area contributed by atoms with Crippen molar-refractivity contribution in [1.29, 1.82) is 0 Å². The van der Waals surface area contributed by atoms with E-state index in [0.717, 1.165) is 0 Å². The maximum absolute atomic E-state index is 9.82. The topological polar surface area (TPSA) is 133 Å². The molecule has 1 aliphatic heterocycles. The van der Waals surface area contributed by atoms with Crippen molar-refractivity contribution in [2.24, 2.45) is 0 Å². The maximum Gasteiger partial charge on any atom is 0.229 e. The van der Waals surface area contributed by atoms with Crippen LogP contribution < -0.4 is 4.74 Å². The third-order valence-electron chi connectivity index (χ3n) is 3.33. The Bertz CT molecular complexity index is 443. The molecule has 0 bridgehead atoms. The molecule has 2 rings (SSSR count). The molecule has 0 saturated carbocycles. The molecule has 5 atom stereocenters. The number of rotatable bonds is 4. The molecule has 5 N–H and O–H groups in total. The molecule has 1 unspecified atom stereocenters. The Hall–Kier alpha value is -1.16. The number of hydrogen-bond donors (Lipinski definition) is 5. The minimum Gasteiger partial charge on any atom is -0.463 e. The molecule has 114 valence electrons. The molecular formula is C12H18O8. The summed E-state index contributed by atoms with van der Waals surface area (Å²) in [6.07, 6.45) is -5.50. The molecule has 0 aliphatic carbocycles. The summed E-state index contributed by atoms with van der Waals surface area (Å²) in [5.41, 5.74) is 0.532. The summed E-state index contributed by atoms with van der Waals surface area (Å²) in [6.45, 7) is 0.815. The lowest BCUT2D eigenvalue weighted by Crippen LogP contribution is -2.60. The zero-order chi connectivity index (χ0) is 14.9. The van der Waals surface area contributed by atoms with Gasteiger partial charge in [0.15, 0.2) is 5.75 Å². The molecule has 0 radical (unpaired) electrons. The predicted molar refractivity (Wildman–Crippen MR) is 63.8 cm³/mol. The number of aliphatic hydroxyl groups excluding tert-OH is 5. The fraction of sp³-hybridized carbons (Fsp3) is 0.667. The van der Waals surface area contributed by atoms with Crippen LogP contribution in [0.2, 0.25) is 0 Å². The second-order valence-electron chi connectivity index (χ2n) is 4.62. The monoisotopic (exact) mass is 290 g/mol. The van der Waals surface area contributed by atoms with Gasteiger partial charge in [-0.25, -0.2) is 0 Å². The predicted octanol–water partition coefficient (Wildman–Crippen LogP) is -1.74. The van der Waals surface area contributed by atoms with Crippen molar-refractivity contribution in [3.63, 3.8) is 0 Å². The molecular weight excluding hydrogens is 272 g/mol. The summed E-state index contributed by atoms with van der Waals surface area (Å²) in [4.78, 5) is 0. The van der Waals surface area contributed by atoms with Crippen molar-refractivity contribution in [1.82, 2.24) is 0 Å². The first-order chi connectivity index (χ1) is 9.49. The number of ether oxygens (including phenoxy) is 2. The first-order valence-corrected chi connectivity index (χ1v) is 6.14. The van der Waals surface area contributed by atoms with E-state index in [1.807, 2.05) is 0 Å². The number of hydrogen-bond acceptors (Lipinski definition) is 8. The zero-order valence-electron chi connectivity index (χ0n) is 10.8. The average molecular weight is 290 g/mol. The minimum absolute atomic E-state index is 0.235. The van der Waals surface area contributed by atoms with E-state index in [-0.39, 0.29) is 12.4 Å². The normalized spacial score (nSPS) is 34.2. The third-order valence-corrected chi connectivity index (χ3v) is 3.33. The lowest BCUT2D eigenvalue weighted by atomic mass is 9.99. The molecule has 20 heavy (non-hydrogen) atoms. The van der Waals surface area contributed by atoms with Crippen LogP contribution in [0.5, 0.6) is 5.75 Å². The van der Waals surface area contributed by atoms with Crippen LogP contribution >= 0.6 is 0 Å².